The number of anilines is 1. The molecule has 8 nitrogen and oxygen atoms in total. The standard InChI is InChI=1S/C19H19FN4O4S/c1-12(2)23-29(27,28)15-6-4-14(5-7-15)22-18(25)10-24-11-21-17-8-3-13(20)9-16(17)19(24)26/h3-9,11-12,23H,10H2,1-2H3,(H,22,25). The van der Waals surface area contributed by atoms with E-state index in [1.54, 1.807) is 13.8 Å². The zero-order chi connectivity index (χ0) is 21.2. The predicted octanol–water partition coefficient (Wildman–Crippen LogP) is 1.86. The van der Waals surface area contributed by atoms with E-state index in [9.17, 15) is 22.4 Å². The lowest BCUT2D eigenvalue weighted by molar-refractivity contribution is -0.116. The Balaban J connectivity index is 1.74. The zero-order valence-corrected chi connectivity index (χ0v) is 16.5. The van der Waals surface area contributed by atoms with Crippen molar-refractivity contribution in [3.63, 3.8) is 0 Å². The summed E-state index contributed by atoms with van der Waals surface area (Å²) in [6.45, 7) is 3.10. The summed E-state index contributed by atoms with van der Waals surface area (Å²) < 4.78 is 41.2. The fourth-order valence-electron chi connectivity index (χ4n) is 2.69. The lowest BCUT2D eigenvalue weighted by atomic mass is 10.2. The Bertz CT molecular complexity index is 1220. The van der Waals surface area contributed by atoms with Gasteiger partial charge in [-0.05, 0) is 56.3 Å². The summed E-state index contributed by atoms with van der Waals surface area (Å²) in [4.78, 5) is 28.8. The number of benzene rings is 2. The molecule has 1 aromatic heterocycles. The quantitative estimate of drug-likeness (QED) is 0.635. The van der Waals surface area contributed by atoms with E-state index >= 15 is 0 Å². The number of halogens is 1. The molecule has 0 spiro atoms. The smallest absolute Gasteiger partial charge is 0.261 e. The van der Waals surface area contributed by atoms with Crippen LogP contribution in [0.4, 0.5) is 10.1 Å². The Hall–Kier alpha value is -3.11. The van der Waals surface area contributed by atoms with E-state index in [1.165, 1.54) is 42.7 Å². The monoisotopic (exact) mass is 418 g/mol. The van der Waals surface area contributed by atoms with Gasteiger partial charge >= 0.3 is 0 Å². The Morgan fingerprint density at radius 2 is 1.86 bits per heavy atom. The molecule has 1 heterocycles. The van der Waals surface area contributed by atoms with Crippen molar-refractivity contribution >= 4 is 32.5 Å². The van der Waals surface area contributed by atoms with Crippen LogP contribution >= 0.6 is 0 Å². The molecule has 10 heteroatoms. The number of nitrogens with one attached hydrogen (secondary N) is 2. The van der Waals surface area contributed by atoms with E-state index in [4.69, 9.17) is 0 Å². The van der Waals surface area contributed by atoms with Gasteiger partial charge in [0.25, 0.3) is 5.56 Å². The second-order valence-corrected chi connectivity index (χ2v) is 8.40. The highest BCUT2D eigenvalue weighted by atomic mass is 32.2. The summed E-state index contributed by atoms with van der Waals surface area (Å²) in [5, 5.41) is 2.66. The fourth-order valence-corrected chi connectivity index (χ4v) is 3.95. The van der Waals surface area contributed by atoms with Crippen LogP contribution in [-0.2, 0) is 21.4 Å². The molecule has 0 aliphatic carbocycles. The van der Waals surface area contributed by atoms with E-state index in [1.807, 2.05) is 0 Å². The number of nitrogens with zero attached hydrogens (tertiary/aromatic N) is 2. The fraction of sp³-hybridized carbons (Fsp3) is 0.211. The molecule has 3 rings (SSSR count). The number of sulfonamides is 1. The highest BCUT2D eigenvalue weighted by Crippen LogP contribution is 2.14. The number of carbonyl (C=O) groups is 1. The van der Waals surface area contributed by atoms with Gasteiger partial charge in [0.2, 0.25) is 15.9 Å². The van der Waals surface area contributed by atoms with Crippen LogP contribution in [0.25, 0.3) is 10.9 Å². The molecule has 1 amide bonds. The molecule has 0 aliphatic rings. The number of amides is 1. The van der Waals surface area contributed by atoms with E-state index < -0.39 is 27.3 Å². The number of carbonyl (C=O) groups excluding carboxylic acids is 1. The number of hydrogen-bond donors (Lipinski definition) is 2. The second-order valence-electron chi connectivity index (χ2n) is 6.69. The third kappa shape index (κ3) is 4.84. The number of hydrogen-bond acceptors (Lipinski definition) is 5. The maximum Gasteiger partial charge on any atom is 0.261 e. The molecule has 0 atom stereocenters. The predicted molar refractivity (Wildman–Crippen MR) is 106 cm³/mol. The summed E-state index contributed by atoms with van der Waals surface area (Å²) in [7, 11) is -3.63. The van der Waals surface area contributed by atoms with Crippen molar-refractivity contribution in [2.45, 2.75) is 31.3 Å². The van der Waals surface area contributed by atoms with Crippen molar-refractivity contribution in [2.24, 2.45) is 0 Å². The molecular formula is C19H19FN4O4S. The van der Waals surface area contributed by atoms with Gasteiger partial charge in [-0.3, -0.25) is 14.2 Å². The van der Waals surface area contributed by atoms with Gasteiger partial charge in [-0.2, -0.15) is 0 Å². The molecule has 29 heavy (non-hydrogen) atoms. The summed E-state index contributed by atoms with van der Waals surface area (Å²) in [6, 6.07) is 9.05. The maximum absolute atomic E-state index is 13.4. The van der Waals surface area contributed by atoms with Gasteiger partial charge in [-0.1, -0.05) is 0 Å². The van der Waals surface area contributed by atoms with Crippen LogP contribution in [0.1, 0.15) is 13.8 Å². The minimum atomic E-state index is -3.63. The average molecular weight is 418 g/mol. The van der Waals surface area contributed by atoms with E-state index in [-0.39, 0.29) is 22.9 Å². The Labute approximate surface area is 166 Å². The molecule has 0 bridgehead atoms. The van der Waals surface area contributed by atoms with Crippen LogP contribution in [0.3, 0.4) is 0 Å². The first-order valence-corrected chi connectivity index (χ1v) is 10.2. The molecule has 0 aliphatic heterocycles. The van der Waals surface area contributed by atoms with E-state index in [0.717, 1.165) is 10.6 Å². The van der Waals surface area contributed by atoms with Crippen LogP contribution in [-0.4, -0.2) is 29.9 Å². The van der Waals surface area contributed by atoms with Crippen LogP contribution < -0.4 is 15.6 Å². The molecule has 2 N–H and O–H groups in total. The lowest BCUT2D eigenvalue weighted by Crippen LogP contribution is -2.30. The number of rotatable bonds is 6. The molecule has 0 unspecified atom stereocenters. The normalized spacial score (nSPS) is 11.7. The summed E-state index contributed by atoms with van der Waals surface area (Å²) in [6.07, 6.45) is 1.22. The van der Waals surface area contributed by atoms with Gasteiger partial charge in [0.15, 0.2) is 0 Å². The first-order valence-electron chi connectivity index (χ1n) is 8.72. The minimum absolute atomic E-state index is 0.0705. The topological polar surface area (TPSA) is 110 Å². The summed E-state index contributed by atoms with van der Waals surface area (Å²) in [5.74, 6) is -1.08. The van der Waals surface area contributed by atoms with Crippen molar-refractivity contribution in [1.29, 1.82) is 0 Å². The Morgan fingerprint density at radius 3 is 2.52 bits per heavy atom. The molecule has 2 aromatic carbocycles. The lowest BCUT2D eigenvalue weighted by Gasteiger charge is -2.11. The van der Waals surface area contributed by atoms with Crippen molar-refractivity contribution in [2.75, 3.05) is 5.32 Å². The summed E-state index contributed by atoms with van der Waals surface area (Å²) in [5.41, 5.74) is 0.164. The van der Waals surface area contributed by atoms with Crippen LogP contribution in [0.2, 0.25) is 0 Å². The van der Waals surface area contributed by atoms with E-state index in [0.29, 0.717) is 11.2 Å². The zero-order valence-electron chi connectivity index (χ0n) is 15.7. The van der Waals surface area contributed by atoms with Gasteiger partial charge in [-0.25, -0.2) is 22.5 Å². The van der Waals surface area contributed by atoms with Crippen molar-refractivity contribution in [1.82, 2.24) is 14.3 Å². The second kappa shape index (κ2) is 8.10. The molecule has 0 saturated carbocycles. The molecule has 0 fully saturated rings. The van der Waals surface area contributed by atoms with Gasteiger partial charge in [-0.15, -0.1) is 0 Å². The molecule has 0 saturated heterocycles. The molecule has 0 radical (unpaired) electrons. The molecule has 152 valence electrons. The highest BCUT2D eigenvalue weighted by molar-refractivity contribution is 7.89. The van der Waals surface area contributed by atoms with Crippen molar-refractivity contribution < 1.29 is 17.6 Å². The highest BCUT2D eigenvalue weighted by Gasteiger charge is 2.15. The first-order chi connectivity index (χ1) is 13.7. The largest absolute Gasteiger partial charge is 0.325 e. The average Bonchev–Trinajstić information content (AvgIpc) is 2.64. The van der Waals surface area contributed by atoms with Crippen molar-refractivity contribution in [3.8, 4) is 0 Å². The maximum atomic E-state index is 13.4. The minimum Gasteiger partial charge on any atom is -0.325 e. The first kappa shape index (κ1) is 20.6. The van der Waals surface area contributed by atoms with Gasteiger partial charge in [0.1, 0.15) is 12.4 Å². The van der Waals surface area contributed by atoms with Gasteiger partial charge < -0.3 is 5.32 Å². The van der Waals surface area contributed by atoms with Crippen LogP contribution in [0.5, 0.6) is 0 Å². The van der Waals surface area contributed by atoms with Gasteiger partial charge in [0.05, 0.1) is 22.1 Å². The SMILES string of the molecule is CC(C)NS(=O)(=O)c1ccc(NC(=O)Cn2cnc3ccc(F)cc3c2=O)cc1. The van der Waals surface area contributed by atoms with Crippen LogP contribution in [0.15, 0.2) is 58.5 Å². The third-order valence-corrected chi connectivity index (χ3v) is 5.61. The Morgan fingerprint density at radius 1 is 1.17 bits per heavy atom. The summed E-state index contributed by atoms with van der Waals surface area (Å²) >= 11 is 0. The Kier molecular flexibility index (Phi) is 5.76. The van der Waals surface area contributed by atoms with E-state index in [2.05, 4.69) is 15.0 Å². The number of fused-ring (bicyclic) bond motifs is 1. The molecular weight excluding hydrogens is 399 g/mol. The third-order valence-electron chi connectivity index (χ3n) is 3.94. The van der Waals surface area contributed by atoms with Gasteiger partial charge in [0, 0.05) is 11.7 Å². The molecule has 3 aromatic rings. The number of aromatic nitrogens is 2. The van der Waals surface area contributed by atoms with Crippen LogP contribution in [0, 0.1) is 5.82 Å². The van der Waals surface area contributed by atoms with Crippen molar-refractivity contribution in [3.05, 3.63) is 65.0 Å².